The minimum Gasteiger partial charge on any atom is -0.439 e. The summed E-state index contributed by atoms with van der Waals surface area (Å²) >= 11 is 5.70. The van der Waals surface area contributed by atoms with Crippen molar-refractivity contribution in [2.24, 2.45) is 5.92 Å². The topological polar surface area (TPSA) is 62.3 Å². The van der Waals surface area contributed by atoms with Gasteiger partial charge in [-0.2, -0.15) is 9.97 Å². The standard InChI is InChI=1S/C30H36FN5OS/c1-22-9-8-18-36(20-22)26-19-27(37-25-10-4-2-5-11-25)34-28(33-26)35-29(38)32-21-30(16-6-3-7-17-30)23-12-14-24(31)15-13-23/h2,4-5,10-15,19,22H,3,6-9,16-18,20-21H2,1H3,(H2,32,33,34,35,38)/t22-/m0/s1. The number of benzene rings is 2. The van der Waals surface area contributed by atoms with Crippen molar-refractivity contribution in [1.82, 2.24) is 15.3 Å². The highest BCUT2D eigenvalue weighted by Crippen LogP contribution is 2.39. The Bertz CT molecular complexity index is 1220. The minimum absolute atomic E-state index is 0.0775. The molecule has 1 aliphatic carbocycles. The molecule has 200 valence electrons. The predicted molar refractivity (Wildman–Crippen MR) is 155 cm³/mol. The van der Waals surface area contributed by atoms with Gasteiger partial charge in [-0.15, -0.1) is 0 Å². The zero-order chi connectivity index (χ0) is 26.4. The maximum Gasteiger partial charge on any atom is 0.234 e. The summed E-state index contributed by atoms with van der Waals surface area (Å²) in [6, 6.07) is 18.5. The molecule has 2 N–H and O–H groups in total. The van der Waals surface area contributed by atoms with Crippen LogP contribution in [0.4, 0.5) is 16.2 Å². The fourth-order valence-electron chi connectivity index (χ4n) is 5.68. The van der Waals surface area contributed by atoms with E-state index in [4.69, 9.17) is 21.9 Å². The fourth-order valence-corrected chi connectivity index (χ4v) is 5.85. The monoisotopic (exact) mass is 533 g/mol. The lowest BCUT2D eigenvalue weighted by Gasteiger charge is -2.38. The van der Waals surface area contributed by atoms with Gasteiger partial charge in [-0.25, -0.2) is 4.39 Å². The molecule has 8 heteroatoms. The van der Waals surface area contributed by atoms with Crippen molar-refractivity contribution in [2.45, 2.75) is 57.3 Å². The molecule has 2 aliphatic rings. The summed E-state index contributed by atoms with van der Waals surface area (Å²) in [5, 5.41) is 7.09. The molecule has 0 bridgehead atoms. The Morgan fingerprint density at radius 2 is 1.82 bits per heavy atom. The van der Waals surface area contributed by atoms with Gasteiger partial charge in [-0.3, -0.25) is 0 Å². The van der Waals surface area contributed by atoms with E-state index in [1.54, 1.807) is 12.1 Å². The van der Waals surface area contributed by atoms with E-state index in [2.05, 4.69) is 27.4 Å². The van der Waals surface area contributed by atoms with Gasteiger partial charge in [-0.05, 0) is 73.6 Å². The highest BCUT2D eigenvalue weighted by atomic mass is 32.1. The lowest BCUT2D eigenvalue weighted by molar-refractivity contribution is 0.292. The summed E-state index contributed by atoms with van der Waals surface area (Å²) in [4.78, 5) is 11.7. The third-order valence-electron chi connectivity index (χ3n) is 7.72. The largest absolute Gasteiger partial charge is 0.439 e. The number of nitrogens with zero attached hydrogens (tertiary/aromatic N) is 3. The van der Waals surface area contributed by atoms with Gasteiger partial charge in [0.15, 0.2) is 5.11 Å². The van der Waals surface area contributed by atoms with E-state index in [0.29, 0.717) is 35.2 Å². The van der Waals surface area contributed by atoms with E-state index in [1.165, 1.54) is 12.8 Å². The molecule has 1 atom stereocenters. The van der Waals surface area contributed by atoms with Crippen LogP contribution in [0.15, 0.2) is 60.7 Å². The van der Waals surface area contributed by atoms with Crippen LogP contribution in [0.3, 0.4) is 0 Å². The number of para-hydroxylation sites is 1. The van der Waals surface area contributed by atoms with E-state index in [9.17, 15) is 4.39 Å². The van der Waals surface area contributed by atoms with Gasteiger partial charge < -0.3 is 20.3 Å². The highest BCUT2D eigenvalue weighted by molar-refractivity contribution is 7.80. The molecule has 0 unspecified atom stereocenters. The number of hydrogen-bond acceptors (Lipinski definition) is 5. The van der Waals surface area contributed by atoms with Crippen molar-refractivity contribution in [1.29, 1.82) is 0 Å². The lowest BCUT2D eigenvalue weighted by Crippen LogP contribution is -2.43. The first kappa shape index (κ1) is 26.4. The molecule has 2 aromatic carbocycles. The Morgan fingerprint density at radius 1 is 1.05 bits per heavy atom. The summed E-state index contributed by atoms with van der Waals surface area (Å²) in [6.07, 6.45) is 7.98. The van der Waals surface area contributed by atoms with Crippen LogP contribution in [0.1, 0.15) is 57.4 Å². The van der Waals surface area contributed by atoms with Crippen LogP contribution in [0, 0.1) is 11.7 Å². The van der Waals surface area contributed by atoms with Gasteiger partial charge in [0.2, 0.25) is 11.8 Å². The molecule has 1 aromatic heterocycles. The van der Waals surface area contributed by atoms with Crippen molar-refractivity contribution >= 4 is 29.1 Å². The number of aromatic nitrogens is 2. The Morgan fingerprint density at radius 3 is 2.55 bits per heavy atom. The third kappa shape index (κ3) is 6.59. The lowest BCUT2D eigenvalue weighted by atomic mass is 9.69. The molecule has 2 fully saturated rings. The SMILES string of the molecule is C[C@H]1CCCN(c2cc(Oc3ccccc3)nc(NC(=S)NCC3(c4ccc(F)cc4)CCCCC3)n2)C1. The van der Waals surface area contributed by atoms with E-state index in [-0.39, 0.29) is 11.2 Å². The molecule has 6 nitrogen and oxygen atoms in total. The molecule has 0 amide bonds. The number of halogens is 1. The quantitative estimate of drug-likeness (QED) is 0.323. The van der Waals surface area contributed by atoms with Gasteiger partial charge in [0.1, 0.15) is 17.4 Å². The molecule has 3 aromatic rings. The second-order valence-electron chi connectivity index (χ2n) is 10.7. The second kappa shape index (κ2) is 12.1. The first-order valence-corrected chi connectivity index (χ1v) is 14.1. The molecular weight excluding hydrogens is 497 g/mol. The van der Waals surface area contributed by atoms with Gasteiger partial charge in [0.25, 0.3) is 0 Å². The highest BCUT2D eigenvalue weighted by Gasteiger charge is 2.34. The van der Waals surface area contributed by atoms with Crippen LogP contribution >= 0.6 is 12.2 Å². The van der Waals surface area contributed by atoms with E-state index < -0.39 is 0 Å². The summed E-state index contributed by atoms with van der Waals surface area (Å²) < 4.78 is 19.7. The first-order valence-electron chi connectivity index (χ1n) is 13.7. The predicted octanol–water partition coefficient (Wildman–Crippen LogP) is 6.83. The molecular formula is C30H36FN5OS. The number of piperidine rings is 1. The number of nitrogens with one attached hydrogen (secondary N) is 2. The Labute approximate surface area is 230 Å². The maximum atomic E-state index is 13.6. The Hall–Kier alpha value is -3.26. The van der Waals surface area contributed by atoms with Gasteiger partial charge >= 0.3 is 0 Å². The molecule has 38 heavy (non-hydrogen) atoms. The fraction of sp³-hybridized carbons (Fsp3) is 0.433. The van der Waals surface area contributed by atoms with Crippen molar-refractivity contribution in [3.05, 3.63) is 72.0 Å². The molecule has 1 saturated heterocycles. The Kier molecular flexibility index (Phi) is 8.37. The minimum atomic E-state index is -0.210. The number of thiocarbonyl (C=S) groups is 1. The van der Waals surface area contributed by atoms with E-state index in [1.807, 2.05) is 48.5 Å². The Balaban J connectivity index is 1.33. The summed E-state index contributed by atoms with van der Waals surface area (Å²) in [6.45, 7) is 4.84. The zero-order valence-electron chi connectivity index (χ0n) is 22.0. The molecule has 0 spiro atoms. The van der Waals surface area contributed by atoms with Crippen LogP contribution in [-0.2, 0) is 5.41 Å². The normalized spacial score (nSPS) is 19.0. The average molecular weight is 534 g/mol. The van der Waals surface area contributed by atoms with Crippen LogP contribution in [0.2, 0.25) is 0 Å². The van der Waals surface area contributed by atoms with E-state index >= 15 is 0 Å². The zero-order valence-corrected chi connectivity index (χ0v) is 22.8. The summed E-state index contributed by atoms with van der Waals surface area (Å²) in [5.74, 6) is 2.82. The summed E-state index contributed by atoms with van der Waals surface area (Å²) in [5.41, 5.74) is 1.08. The molecule has 2 heterocycles. The van der Waals surface area contributed by atoms with Crippen molar-refractivity contribution < 1.29 is 9.13 Å². The van der Waals surface area contributed by atoms with Crippen LogP contribution in [0.25, 0.3) is 0 Å². The first-order chi connectivity index (χ1) is 18.5. The van der Waals surface area contributed by atoms with Crippen molar-refractivity contribution in [2.75, 3.05) is 29.9 Å². The number of anilines is 2. The van der Waals surface area contributed by atoms with Gasteiger partial charge in [-0.1, -0.05) is 56.5 Å². The van der Waals surface area contributed by atoms with Crippen LogP contribution < -0.4 is 20.3 Å². The van der Waals surface area contributed by atoms with Crippen LogP contribution in [0.5, 0.6) is 11.6 Å². The summed E-state index contributed by atoms with van der Waals surface area (Å²) in [7, 11) is 0. The smallest absolute Gasteiger partial charge is 0.234 e. The molecule has 1 saturated carbocycles. The number of ether oxygens (including phenoxy) is 1. The van der Waals surface area contributed by atoms with Crippen molar-refractivity contribution in [3.8, 4) is 11.6 Å². The molecule has 1 aliphatic heterocycles. The molecule has 0 radical (unpaired) electrons. The second-order valence-corrected chi connectivity index (χ2v) is 11.1. The number of rotatable bonds is 7. The van der Waals surface area contributed by atoms with Gasteiger partial charge in [0, 0.05) is 31.1 Å². The van der Waals surface area contributed by atoms with Crippen molar-refractivity contribution in [3.63, 3.8) is 0 Å². The maximum absolute atomic E-state index is 13.6. The average Bonchev–Trinajstić information content (AvgIpc) is 2.93. The number of hydrogen-bond donors (Lipinski definition) is 2. The van der Waals surface area contributed by atoms with E-state index in [0.717, 1.165) is 56.6 Å². The molecule has 5 rings (SSSR count). The van der Waals surface area contributed by atoms with Gasteiger partial charge in [0.05, 0.1) is 0 Å². The van der Waals surface area contributed by atoms with Crippen LogP contribution in [-0.4, -0.2) is 34.7 Å². The third-order valence-corrected chi connectivity index (χ3v) is 7.96.